The number of hydrogen-bond donors (Lipinski definition) is 1. The molecule has 1 unspecified atom stereocenters. The first-order valence-electron chi connectivity index (χ1n) is 5.01. The second-order valence-electron chi connectivity index (χ2n) is 5.07. The zero-order valence-corrected chi connectivity index (χ0v) is 8.87. The number of hydrogen-bond acceptors (Lipinski definition) is 3. The molecule has 0 aromatic heterocycles. The van der Waals surface area contributed by atoms with Gasteiger partial charge < -0.3 is 14.8 Å². The highest BCUT2D eigenvalue weighted by Gasteiger charge is 2.46. The minimum atomic E-state index is -0.236. The van der Waals surface area contributed by atoms with Crippen molar-refractivity contribution in [1.29, 1.82) is 0 Å². The van der Waals surface area contributed by atoms with Gasteiger partial charge in [0.15, 0.2) is 6.23 Å². The van der Waals surface area contributed by atoms with Crippen molar-refractivity contribution in [3.8, 4) is 0 Å². The Morgan fingerprint density at radius 3 is 2.71 bits per heavy atom. The molecule has 2 saturated heterocycles. The Balaban J connectivity index is 2.09. The first-order chi connectivity index (χ1) is 6.48. The van der Waals surface area contributed by atoms with Crippen LogP contribution in [0.4, 0.5) is 0 Å². The van der Waals surface area contributed by atoms with Gasteiger partial charge in [0, 0.05) is 5.92 Å². The molecule has 0 radical (unpaired) electrons. The summed E-state index contributed by atoms with van der Waals surface area (Å²) in [5.41, 5.74) is 0.154. The Kier molecular flexibility index (Phi) is 2.27. The second kappa shape index (κ2) is 3.21. The second-order valence-corrected chi connectivity index (χ2v) is 5.07. The van der Waals surface area contributed by atoms with Crippen LogP contribution in [0.2, 0.25) is 0 Å². The topological polar surface area (TPSA) is 47.6 Å². The molecule has 4 nitrogen and oxygen atoms in total. The van der Waals surface area contributed by atoms with Crippen LogP contribution in [0.25, 0.3) is 0 Å². The molecule has 1 amide bonds. The van der Waals surface area contributed by atoms with Crippen LogP contribution in [0.3, 0.4) is 0 Å². The standard InChI is InChI=1S/C10H17NO3/c1-10(2,3)6-4-14-9-8(6)13-5-7(12)11-9/h6,8-9H,4-5H2,1-3H3,(H,11,12)/t6?,8-,9+/m1/s1. The molecular weight excluding hydrogens is 182 g/mol. The lowest BCUT2D eigenvalue weighted by atomic mass is 9.78. The molecular formula is C10H17NO3. The van der Waals surface area contributed by atoms with Gasteiger partial charge in [-0.3, -0.25) is 4.79 Å². The molecule has 3 atom stereocenters. The van der Waals surface area contributed by atoms with E-state index in [4.69, 9.17) is 9.47 Å². The van der Waals surface area contributed by atoms with Crippen LogP contribution >= 0.6 is 0 Å². The van der Waals surface area contributed by atoms with Gasteiger partial charge in [0.2, 0.25) is 5.91 Å². The molecule has 0 aliphatic carbocycles. The van der Waals surface area contributed by atoms with Gasteiger partial charge in [-0.15, -0.1) is 0 Å². The molecule has 80 valence electrons. The van der Waals surface area contributed by atoms with E-state index in [-0.39, 0.29) is 30.3 Å². The minimum Gasteiger partial charge on any atom is -0.363 e. The van der Waals surface area contributed by atoms with E-state index >= 15 is 0 Å². The molecule has 2 fully saturated rings. The molecule has 2 heterocycles. The SMILES string of the molecule is CC(C)(C)C1CO[C@@H]2NC(=O)CO[C@H]12. The third-order valence-corrected chi connectivity index (χ3v) is 2.97. The van der Waals surface area contributed by atoms with Crippen LogP contribution in [0.15, 0.2) is 0 Å². The molecule has 2 rings (SSSR count). The molecule has 0 aromatic rings. The zero-order chi connectivity index (χ0) is 10.3. The molecule has 2 aliphatic rings. The highest BCUT2D eigenvalue weighted by molar-refractivity contribution is 5.78. The van der Waals surface area contributed by atoms with Crippen LogP contribution in [0.5, 0.6) is 0 Å². The molecule has 0 aromatic carbocycles. The summed E-state index contributed by atoms with van der Waals surface area (Å²) in [6.07, 6.45) is -0.215. The van der Waals surface area contributed by atoms with Crippen molar-refractivity contribution in [3.05, 3.63) is 0 Å². The lowest BCUT2D eigenvalue weighted by molar-refractivity contribution is -0.146. The van der Waals surface area contributed by atoms with Gasteiger partial charge in [0.05, 0.1) is 6.61 Å². The van der Waals surface area contributed by atoms with E-state index in [1.54, 1.807) is 0 Å². The van der Waals surface area contributed by atoms with Crippen molar-refractivity contribution in [1.82, 2.24) is 5.32 Å². The van der Waals surface area contributed by atoms with Gasteiger partial charge in [-0.05, 0) is 5.41 Å². The predicted molar refractivity (Wildman–Crippen MR) is 50.6 cm³/mol. The van der Waals surface area contributed by atoms with Crippen molar-refractivity contribution < 1.29 is 14.3 Å². The first-order valence-corrected chi connectivity index (χ1v) is 5.01. The molecule has 0 bridgehead atoms. The summed E-state index contributed by atoms with van der Waals surface area (Å²) in [5.74, 6) is 0.272. The van der Waals surface area contributed by atoms with Crippen LogP contribution < -0.4 is 5.32 Å². The van der Waals surface area contributed by atoms with E-state index in [2.05, 4.69) is 26.1 Å². The molecule has 0 spiro atoms. The number of carbonyl (C=O) groups excluding carboxylic acids is 1. The molecule has 14 heavy (non-hydrogen) atoms. The lowest BCUT2D eigenvalue weighted by Crippen LogP contribution is -2.52. The third-order valence-electron chi connectivity index (χ3n) is 2.97. The maximum atomic E-state index is 11.0. The summed E-state index contributed by atoms with van der Waals surface area (Å²) >= 11 is 0. The number of carbonyl (C=O) groups is 1. The van der Waals surface area contributed by atoms with Gasteiger partial charge >= 0.3 is 0 Å². The van der Waals surface area contributed by atoms with Crippen LogP contribution in [0.1, 0.15) is 20.8 Å². The zero-order valence-electron chi connectivity index (χ0n) is 8.87. The average Bonchev–Trinajstić information content (AvgIpc) is 2.45. The normalized spacial score (nSPS) is 37.9. The maximum Gasteiger partial charge on any atom is 0.248 e. The molecule has 1 N–H and O–H groups in total. The summed E-state index contributed by atoms with van der Waals surface area (Å²) in [6.45, 7) is 7.34. The first kappa shape index (κ1) is 9.93. The van der Waals surface area contributed by atoms with Crippen LogP contribution in [0, 0.1) is 11.3 Å². The quantitative estimate of drug-likeness (QED) is 0.618. The summed E-state index contributed by atoms with van der Waals surface area (Å²) in [6, 6.07) is 0. The average molecular weight is 199 g/mol. The summed E-state index contributed by atoms with van der Waals surface area (Å²) in [7, 11) is 0. The fraction of sp³-hybridized carbons (Fsp3) is 0.900. The van der Waals surface area contributed by atoms with E-state index in [1.165, 1.54) is 0 Å². The predicted octanol–water partition coefficient (Wildman–Crippen LogP) is 0.520. The van der Waals surface area contributed by atoms with Gasteiger partial charge in [0.1, 0.15) is 12.7 Å². The number of amides is 1. The largest absolute Gasteiger partial charge is 0.363 e. The smallest absolute Gasteiger partial charge is 0.248 e. The van der Waals surface area contributed by atoms with Gasteiger partial charge in [-0.25, -0.2) is 0 Å². The lowest BCUT2D eigenvalue weighted by Gasteiger charge is -2.34. The van der Waals surface area contributed by atoms with Gasteiger partial charge in [-0.2, -0.15) is 0 Å². The monoisotopic (exact) mass is 199 g/mol. The number of ether oxygens (including phenoxy) is 2. The highest BCUT2D eigenvalue weighted by Crippen LogP contribution is 2.37. The van der Waals surface area contributed by atoms with Crippen molar-refractivity contribution in [2.75, 3.05) is 13.2 Å². The summed E-state index contributed by atoms with van der Waals surface area (Å²) in [5, 5.41) is 2.79. The van der Waals surface area contributed by atoms with Gasteiger partial charge in [0.25, 0.3) is 0 Å². The Bertz CT molecular complexity index is 246. The fourth-order valence-corrected chi connectivity index (χ4v) is 2.05. The van der Waals surface area contributed by atoms with E-state index in [1.807, 2.05) is 0 Å². The van der Waals surface area contributed by atoms with Crippen molar-refractivity contribution in [2.24, 2.45) is 11.3 Å². The maximum absolute atomic E-state index is 11.0. The third kappa shape index (κ3) is 1.64. The minimum absolute atomic E-state index is 0.0210. The Morgan fingerprint density at radius 2 is 2.07 bits per heavy atom. The Hall–Kier alpha value is -0.610. The van der Waals surface area contributed by atoms with Crippen LogP contribution in [-0.2, 0) is 14.3 Å². The molecule has 2 aliphatic heterocycles. The number of fused-ring (bicyclic) bond motifs is 1. The van der Waals surface area contributed by atoms with Crippen LogP contribution in [-0.4, -0.2) is 31.5 Å². The van der Waals surface area contributed by atoms with E-state index in [0.29, 0.717) is 12.5 Å². The van der Waals surface area contributed by atoms with Crippen molar-refractivity contribution in [2.45, 2.75) is 33.1 Å². The summed E-state index contributed by atoms with van der Waals surface area (Å²) in [4.78, 5) is 11.0. The fourth-order valence-electron chi connectivity index (χ4n) is 2.05. The Labute approximate surface area is 84.0 Å². The van der Waals surface area contributed by atoms with Crippen molar-refractivity contribution >= 4 is 5.91 Å². The van der Waals surface area contributed by atoms with E-state index in [0.717, 1.165) is 0 Å². The highest BCUT2D eigenvalue weighted by atomic mass is 16.6. The van der Waals surface area contributed by atoms with E-state index in [9.17, 15) is 4.79 Å². The van der Waals surface area contributed by atoms with Gasteiger partial charge in [-0.1, -0.05) is 20.8 Å². The molecule has 4 heteroatoms. The molecule has 0 saturated carbocycles. The Morgan fingerprint density at radius 1 is 1.36 bits per heavy atom. The van der Waals surface area contributed by atoms with Crippen molar-refractivity contribution in [3.63, 3.8) is 0 Å². The number of morpholine rings is 1. The van der Waals surface area contributed by atoms with E-state index < -0.39 is 0 Å². The number of nitrogens with one attached hydrogen (secondary N) is 1. The summed E-state index contributed by atoms with van der Waals surface area (Å²) < 4.78 is 11.0. The number of rotatable bonds is 0.